The van der Waals surface area contributed by atoms with Crippen molar-refractivity contribution in [2.24, 2.45) is 0 Å². The van der Waals surface area contributed by atoms with E-state index in [1.807, 2.05) is 0 Å². The summed E-state index contributed by atoms with van der Waals surface area (Å²) >= 11 is 0. The van der Waals surface area contributed by atoms with Gasteiger partial charge in [-0.1, -0.05) is 6.07 Å². The summed E-state index contributed by atoms with van der Waals surface area (Å²) in [5.41, 5.74) is 7.56. The highest BCUT2D eigenvalue weighted by molar-refractivity contribution is 6.10. The zero-order chi connectivity index (χ0) is 25.6. The first kappa shape index (κ1) is 23.9. The van der Waals surface area contributed by atoms with Crippen molar-refractivity contribution < 1.29 is 27.4 Å². The first-order valence-electron chi connectivity index (χ1n) is 11.1. The van der Waals surface area contributed by atoms with E-state index >= 15 is 0 Å². The highest BCUT2D eigenvalue weighted by atomic mass is 19.4. The predicted molar refractivity (Wildman–Crippen MR) is 125 cm³/mol. The topological polar surface area (TPSA) is 108 Å². The van der Waals surface area contributed by atoms with Crippen molar-refractivity contribution in [2.45, 2.75) is 25.4 Å². The average molecular weight is 500 g/mol. The summed E-state index contributed by atoms with van der Waals surface area (Å²) in [6.07, 6.45) is -2.93. The molecule has 0 saturated heterocycles. The SMILES string of the molecule is COCCn1ncc2c(N)nc3ccc(C(=O)N(C)C4COCc5nc(C(F)(F)F)ccc54)cc3c21. The maximum Gasteiger partial charge on any atom is 0.433 e. The number of rotatable bonds is 5. The third kappa shape index (κ3) is 4.11. The maximum absolute atomic E-state index is 13.5. The molecule has 2 N–H and O–H groups in total. The number of halogens is 3. The fourth-order valence-electron chi connectivity index (χ4n) is 4.46. The minimum absolute atomic E-state index is 0.0513. The van der Waals surface area contributed by atoms with Crippen LogP contribution in [0.5, 0.6) is 0 Å². The normalized spacial score (nSPS) is 15.9. The third-order valence-corrected chi connectivity index (χ3v) is 6.32. The molecule has 1 aliphatic rings. The zero-order valence-corrected chi connectivity index (χ0v) is 19.5. The smallest absolute Gasteiger partial charge is 0.383 e. The molecule has 3 aromatic heterocycles. The Kier molecular flexibility index (Phi) is 6.00. The van der Waals surface area contributed by atoms with E-state index in [-0.39, 0.29) is 24.8 Å². The number of nitrogens with two attached hydrogens (primary N) is 1. The van der Waals surface area contributed by atoms with Crippen LogP contribution in [0.25, 0.3) is 21.8 Å². The summed E-state index contributed by atoms with van der Waals surface area (Å²) in [5.74, 6) is 0.00484. The number of carbonyl (C=O) groups excluding carboxylic acids is 1. The van der Waals surface area contributed by atoms with E-state index in [1.165, 1.54) is 11.0 Å². The van der Waals surface area contributed by atoms with E-state index in [4.69, 9.17) is 15.2 Å². The number of amides is 1. The minimum atomic E-state index is -4.56. The average Bonchev–Trinajstić information content (AvgIpc) is 3.30. The summed E-state index contributed by atoms with van der Waals surface area (Å²) in [6.45, 7) is 1.01. The maximum atomic E-state index is 13.5. The zero-order valence-electron chi connectivity index (χ0n) is 19.5. The molecule has 0 radical (unpaired) electrons. The molecule has 0 bridgehead atoms. The Balaban J connectivity index is 1.52. The molecule has 0 spiro atoms. The van der Waals surface area contributed by atoms with Crippen LogP contribution in [0.3, 0.4) is 0 Å². The second kappa shape index (κ2) is 9.03. The van der Waals surface area contributed by atoms with Crippen LogP contribution < -0.4 is 5.73 Å². The number of benzene rings is 1. The van der Waals surface area contributed by atoms with E-state index in [0.717, 1.165) is 11.6 Å². The molecule has 1 aliphatic heterocycles. The number of nitrogen functional groups attached to an aromatic ring is 1. The number of alkyl halides is 3. The lowest BCUT2D eigenvalue weighted by molar-refractivity contribution is -0.141. The number of ether oxygens (including phenoxy) is 2. The van der Waals surface area contributed by atoms with Gasteiger partial charge in [0.25, 0.3) is 5.91 Å². The van der Waals surface area contributed by atoms with Crippen LogP contribution >= 0.6 is 0 Å². The van der Waals surface area contributed by atoms with E-state index in [0.29, 0.717) is 46.4 Å². The largest absolute Gasteiger partial charge is 0.433 e. The van der Waals surface area contributed by atoms with Crippen molar-refractivity contribution >= 4 is 33.5 Å². The van der Waals surface area contributed by atoms with Crippen LogP contribution in [0.1, 0.15) is 33.4 Å². The quantitative estimate of drug-likeness (QED) is 0.446. The molecule has 188 valence electrons. The number of fused-ring (bicyclic) bond motifs is 4. The Bertz CT molecular complexity index is 1470. The molecule has 0 fully saturated rings. The number of carbonyl (C=O) groups is 1. The first-order valence-corrected chi connectivity index (χ1v) is 11.1. The predicted octanol–water partition coefficient (Wildman–Crippen LogP) is 3.57. The van der Waals surface area contributed by atoms with Crippen molar-refractivity contribution in [1.82, 2.24) is 24.6 Å². The fraction of sp³-hybridized carbons (Fsp3) is 0.333. The second-order valence-corrected chi connectivity index (χ2v) is 8.53. The molecule has 4 heterocycles. The van der Waals surface area contributed by atoms with Crippen molar-refractivity contribution in [3.05, 3.63) is 59.0 Å². The molecule has 12 heteroatoms. The number of anilines is 1. The molecule has 0 aliphatic carbocycles. The summed E-state index contributed by atoms with van der Waals surface area (Å²) in [6, 6.07) is 6.78. The summed E-state index contributed by atoms with van der Waals surface area (Å²) in [5, 5.41) is 5.76. The van der Waals surface area contributed by atoms with Crippen LogP contribution in [0, 0.1) is 0 Å². The second-order valence-electron chi connectivity index (χ2n) is 8.53. The van der Waals surface area contributed by atoms with E-state index < -0.39 is 17.9 Å². The van der Waals surface area contributed by atoms with Gasteiger partial charge in [0.15, 0.2) is 0 Å². The molecule has 1 amide bonds. The number of nitrogens with zero attached hydrogens (tertiary/aromatic N) is 5. The Labute approximate surface area is 203 Å². The fourth-order valence-corrected chi connectivity index (χ4v) is 4.46. The molecule has 9 nitrogen and oxygen atoms in total. The van der Waals surface area contributed by atoms with Crippen LogP contribution in [0.15, 0.2) is 36.5 Å². The van der Waals surface area contributed by atoms with E-state index in [2.05, 4.69) is 15.1 Å². The highest BCUT2D eigenvalue weighted by Gasteiger charge is 2.35. The van der Waals surface area contributed by atoms with Crippen LogP contribution in [0.4, 0.5) is 19.0 Å². The lowest BCUT2D eigenvalue weighted by atomic mass is 10.0. The van der Waals surface area contributed by atoms with Gasteiger partial charge in [-0.05, 0) is 24.3 Å². The molecule has 1 aromatic carbocycles. The van der Waals surface area contributed by atoms with Gasteiger partial charge in [-0.15, -0.1) is 0 Å². The molecule has 1 atom stereocenters. The molecule has 36 heavy (non-hydrogen) atoms. The highest BCUT2D eigenvalue weighted by Crippen LogP contribution is 2.34. The Morgan fingerprint density at radius 2 is 2.06 bits per heavy atom. The van der Waals surface area contributed by atoms with Gasteiger partial charge in [0.2, 0.25) is 0 Å². The molecular formula is C24H23F3N6O3. The van der Waals surface area contributed by atoms with Gasteiger partial charge < -0.3 is 20.1 Å². The van der Waals surface area contributed by atoms with Gasteiger partial charge in [0.1, 0.15) is 11.5 Å². The standard InChI is InChI=1S/C24H23F3N6O3/c1-32(19-12-36-11-18-14(19)4-6-20(30-18)24(25,26)27)23(34)13-3-5-17-15(9-13)21-16(22(28)31-17)10-29-33(21)7-8-35-2/h3-6,9-10,19H,7-8,11-12H2,1-2H3,(H2,28,31). The lowest BCUT2D eigenvalue weighted by Crippen LogP contribution is -2.36. The van der Waals surface area contributed by atoms with Gasteiger partial charge >= 0.3 is 6.18 Å². The van der Waals surface area contributed by atoms with E-state index in [9.17, 15) is 18.0 Å². The summed E-state index contributed by atoms with van der Waals surface area (Å²) < 4.78 is 51.7. The van der Waals surface area contributed by atoms with Gasteiger partial charge in [0, 0.05) is 30.7 Å². The van der Waals surface area contributed by atoms with Crippen LogP contribution in [0.2, 0.25) is 0 Å². The third-order valence-electron chi connectivity index (χ3n) is 6.32. The van der Waals surface area contributed by atoms with Gasteiger partial charge in [0.05, 0.1) is 60.7 Å². The number of pyridine rings is 2. The first-order chi connectivity index (χ1) is 17.2. The molecule has 4 aromatic rings. The van der Waals surface area contributed by atoms with Gasteiger partial charge in [-0.25, -0.2) is 9.97 Å². The van der Waals surface area contributed by atoms with Crippen molar-refractivity contribution in [2.75, 3.05) is 33.1 Å². The number of likely N-dealkylation sites (N-methyl/N-ethyl adjacent to an activating group) is 1. The summed E-state index contributed by atoms with van der Waals surface area (Å²) in [7, 11) is 3.19. The Morgan fingerprint density at radius 1 is 1.25 bits per heavy atom. The Hall–Kier alpha value is -3.77. The number of methoxy groups -OCH3 is 1. The molecule has 5 rings (SSSR count). The van der Waals surface area contributed by atoms with Crippen LogP contribution in [-0.4, -0.2) is 57.9 Å². The van der Waals surface area contributed by atoms with Crippen molar-refractivity contribution in [3.63, 3.8) is 0 Å². The molecular weight excluding hydrogens is 477 g/mol. The Morgan fingerprint density at radius 3 is 2.81 bits per heavy atom. The van der Waals surface area contributed by atoms with Gasteiger partial charge in [-0.3, -0.25) is 9.48 Å². The number of aromatic nitrogens is 4. The van der Waals surface area contributed by atoms with Crippen molar-refractivity contribution in [3.8, 4) is 0 Å². The minimum Gasteiger partial charge on any atom is -0.383 e. The van der Waals surface area contributed by atoms with Crippen LogP contribution in [-0.2, 0) is 28.8 Å². The summed E-state index contributed by atoms with van der Waals surface area (Å²) in [4.78, 5) is 23.1. The lowest BCUT2D eigenvalue weighted by Gasteiger charge is -2.33. The monoisotopic (exact) mass is 500 g/mol. The van der Waals surface area contributed by atoms with Crippen molar-refractivity contribution in [1.29, 1.82) is 0 Å². The number of hydrogen-bond donors (Lipinski definition) is 1. The van der Waals surface area contributed by atoms with E-state index in [1.54, 1.807) is 43.2 Å². The number of hydrogen-bond acceptors (Lipinski definition) is 7. The molecule has 0 saturated carbocycles. The molecule has 1 unspecified atom stereocenters. The van der Waals surface area contributed by atoms with Gasteiger partial charge in [-0.2, -0.15) is 18.3 Å².